The highest BCUT2D eigenvalue weighted by Gasteiger charge is 2.07. The van der Waals surface area contributed by atoms with Crippen molar-refractivity contribution >= 4 is 5.91 Å². The molecule has 92 valence electrons. The fourth-order valence-corrected chi connectivity index (χ4v) is 1.92. The topological polar surface area (TPSA) is 52.3 Å². The van der Waals surface area contributed by atoms with Crippen molar-refractivity contribution < 1.29 is 9.53 Å². The van der Waals surface area contributed by atoms with Crippen LogP contribution in [0.15, 0.2) is 48.5 Å². The second kappa shape index (κ2) is 5.36. The number of benzene rings is 2. The van der Waals surface area contributed by atoms with Gasteiger partial charge in [-0.3, -0.25) is 4.79 Å². The third-order valence-corrected chi connectivity index (χ3v) is 2.81. The number of ether oxygens (including phenoxy) is 1. The molecule has 0 aliphatic heterocycles. The summed E-state index contributed by atoms with van der Waals surface area (Å²) in [5.74, 6) is 0.414. The molecule has 0 heterocycles. The average molecular weight is 241 g/mol. The summed E-state index contributed by atoms with van der Waals surface area (Å²) in [4.78, 5) is 11.3. The smallest absolute Gasteiger partial charge is 0.248 e. The Morgan fingerprint density at radius 1 is 1.17 bits per heavy atom. The van der Waals surface area contributed by atoms with Gasteiger partial charge in [0.05, 0.1) is 7.11 Å². The number of carbonyl (C=O) groups is 1. The maximum atomic E-state index is 11.3. The van der Waals surface area contributed by atoms with E-state index in [9.17, 15) is 4.79 Å². The van der Waals surface area contributed by atoms with Crippen LogP contribution < -0.4 is 10.5 Å². The minimum absolute atomic E-state index is 0.395. The number of hydrogen-bond donors (Lipinski definition) is 1. The van der Waals surface area contributed by atoms with E-state index in [1.807, 2.05) is 42.5 Å². The lowest BCUT2D eigenvalue weighted by Crippen LogP contribution is -2.13. The van der Waals surface area contributed by atoms with Crippen molar-refractivity contribution in [3.05, 3.63) is 65.2 Å². The summed E-state index contributed by atoms with van der Waals surface area (Å²) in [6, 6.07) is 15.2. The molecule has 2 N–H and O–H groups in total. The Morgan fingerprint density at radius 3 is 2.67 bits per heavy atom. The molecule has 0 saturated heterocycles. The zero-order valence-electron chi connectivity index (χ0n) is 10.2. The number of nitrogens with two attached hydrogens (primary N) is 1. The van der Waals surface area contributed by atoms with Gasteiger partial charge in [0.25, 0.3) is 0 Å². The van der Waals surface area contributed by atoms with E-state index in [2.05, 4.69) is 0 Å². The van der Waals surface area contributed by atoms with Crippen LogP contribution >= 0.6 is 0 Å². The number of hydrogen-bond acceptors (Lipinski definition) is 2. The largest absolute Gasteiger partial charge is 0.497 e. The zero-order valence-corrected chi connectivity index (χ0v) is 10.2. The minimum Gasteiger partial charge on any atom is -0.497 e. The van der Waals surface area contributed by atoms with Crippen molar-refractivity contribution in [1.82, 2.24) is 0 Å². The molecule has 3 heteroatoms. The molecule has 0 atom stereocenters. The van der Waals surface area contributed by atoms with Gasteiger partial charge in [-0.25, -0.2) is 0 Å². The molecule has 0 unspecified atom stereocenters. The lowest BCUT2D eigenvalue weighted by atomic mass is 9.99. The quantitative estimate of drug-likeness (QED) is 0.893. The molecule has 0 aliphatic rings. The molecule has 2 aromatic rings. The third-order valence-electron chi connectivity index (χ3n) is 2.81. The van der Waals surface area contributed by atoms with Gasteiger partial charge in [0, 0.05) is 5.56 Å². The number of primary amides is 1. The van der Waals surface area contributed by atoms with Gasteiger partial charge in [0.2, 0.25) is 5.91 Å². The summed E-state index contributed by atoms with van der Waals surface area (Å²) >= 11 is 0. The highest BCUT2D eigenvalue weighted by molar-refractivity contribution is 5.94. The summed E-state index contributed by atoms with van der Waals surface area (Å²) in [6.45, 7) is 0. The Kier molecular flexibility index (Phi) is 3.63. The molecule has 0 aromatic heterocycles. The Hall–Kier alpha value is -2.29. The van der Waals surface area contributed by atoms with Crippen molar-refractivity contribution in [3.8, 4) is 5.75 Å². The molecule has 0 bridgehead atoms. The molecule has 0 fully saturated rings. The number of methoxy groups -OCH3 is 1. The molecule has 18 heavy (non-hydrogen) atoms. The van der Waals surface area contributed by atoms with E-state index < -0.39 is 5.91 Å². The third kappa shape index (κ3) is 2.69. The van der Waals surface area contributed by atoms with Crippen molar-refractivity contribution in [2.75, 3.05) is 7.11 Å². The molecule has 3 nitrogen and oxygen atoms in total. The Balaban J connectivity index is 2.31. The van der Waals surface area contributed by atoms with Crippen LogP contribution in [-0.2, 0) is 6.42 Å². The van der Waals surface area contributed by atoms with Crippen LogP contribution in [0.4, 0.5) is 0 Å². The maximum absolute atomic E-state index is 11.3. The van der Waals surface area contributed by atoms with Crippen molar-refractivity contribution in [3.63, 3.8) is 0 Å². The molecule has 0 saturated carbocycles. The average Bonchev–Trinajstić information content (AvgIpc) is 2.39. The first-order chi connectivity index (χ1) is 8.70. The Morgan fingerprint density at radius 2 is 1.94 bits per heavy atom. The van der Waals surface area contributed by atoms with E-state index in [0.717, 1.165) is 16.9 Å². The summed E-state index contributed by atoms with van der Waals surface area (Å²) in [7, 11) is 1.64. The highest BCUT2D eigenvalue weighted by Crippen LogP contribution is 2.18. The second-order valence-corrected chi connectivity index (χ2v) is 4.05. The van der Waals surface area contributed by atoms with Crippen molar-refractivity contribution in [2.24, 2.45) is 5.73 Å². The molecule has 2 aromatic carbocycles. The standard InChI is InChI=1S/C15H15NO2/c1-18-13-7-4-5-11(10-13)9-12-6-2-3-8-14(12)15(16)17/h2-8,10H,9H2,1H3,(H2,16,17). The second-order valence-electron chi connectivity index (χ2n) is 4.05. The van der Waals surface area contributed by atoms with Gasteiger partial charge < -0.3 is 10.5 Å². The van der Waals surface area contributed by atoms with Gasteiger partial charge in [-0.15, -0.1) is 0 Å². The summed E-state index contributed by atoms with van der Waals surface area (Å²) in [5.41, 5.74) is 7.95. The van der Waals surface area contributed by atoms with Gasteiger partial charge in [-0.2, -0.15) is 0 Å². The minimum atomic E-state index is -0.395. The molecule has 1 amide bonds. The molecular weight excluding hydrogens is 226 g/mol. The van der Waals surface area contributed by atoms with Crippen LogP contribution in [0.3, 0.4) is 0 Å². The monoisotopic (exact) mass is 241 g/mol. The molecule has 0 spiro atoms. The molecular formula is C15H15NO2. The fourth-order valence-electron chi connectivity index (χ4n) is 1.92. The van der Waals surface area contributed by atoms with Crippen LogP contribution in [0.1, 0.15) is 21.5 Å². The van der Waals surface area contributed by atoms with Gasteiger partial charge in [0.1, 0.15) is 5.75 Å². The van der Waals surface area contributed by atoms with Gasteiger partial charge in [0.15, 0.2) is 0 Å². The van der Waals surface area contributed by atoms with E-state index in [-0.39, 0.29) is 0 Å². The lowest BCUT2D eigenvalue weighted by molar-refractivity contribution is 0.0999. The van der Waals surface area contributed by atoms with Crippen molar-refractivity contribution in [2.45, 2.75) is 6.42 Å². The SMILES string of the molecule is COc1cccc(Cc2ccccc2C(N)=O)c1. The van der Waals surface area contributed by atoms with Gasteiger partial charge >= 0.3 is 0 Å². The molecule has 0 radical (unpaired) electrons. The van der Waals surface area contributed by atoms with Crippen LogP contribution in [-0.4, -0.2) is 13.0 Å². The first-order valence-electron chi connectivity index (χ1n) is 5.71. The Bertz CT molecular complexity index is 564. The number of rotatable bonds is 4. The van der Waals surface area contributed by atoms with Crippen LogP contribution in [0.2, 0.25) is 0 Å². The van der Waals surface area contributed by atoms with E-state index in [1.54, 1.807) is 13.2 Å². The predicted molar refractivity (Wildman–Crippen MR) is 70.8 cm³/mol. The van der Waals surface area contributed by atoms with E-state index in [1.165, 1.54) is 0 Å². The normalized spacial score (nSPS) is 10.1. The van der Waals surface area contributed by atoms with Crippen molar-refractivity contribution in [1.29, 1.82) is 0 Å². The van der Waals surface area contributed by atoms with Gasteiger partial charge in [-0.1, -0.05) is 30.3 Å². The number of carbonyl (C=O) groups excluding carboxylic acids is 1. The zero-order chi connectivity index (χ0) is 13.0. The predicted octanol–water partition coefficient (Wildman–Crippen LogP) is 2.38. The first-order valence-corrected chi connectivity index (χ1v) is 5.71. The summed E-state index contributed by atoms with van der Waals surface area (Å²) < 4.78 is 5.18. The highest BCUT2D eigenvalue weighted by atomic mass is 16.5. The van der Waals surface area contributed by atoms with Crippen LogP contribution in [0.5, 0.6) is 5.75 Å². The van der Waals surface area contributed by atoms with Gasteiger partial charge in [-0.05, 0) is 35.7 Å². The van der Waals surface area contributed by atoms with E-state index >= 15 is 0 Å². The summed E-state index contributed by atoms with van der Waals surface area (Å²) in [6.07, 6.45) is 0.663. The fraction of sp³-hybridized carbons (Fsp3) is 0.133. The van der Waals surface area contributed by atoms with Crippen LogP contribution in [0, 0.1) is 0 Å². The van der Waals surface area contributed by atoms with E-state index in [4.69, 9.17) is 10.5 Å². The molecule has 0 aliphatic carbocycles. The Labute approximate surface area is 106 Å². The lowest BCUT2D eigenvalue weighted by Gasteiger charge is -2.08. The maximum Gasteiger partial charge on any atom is 0.248 e. The van der Waals surface area contributed by atoms with Crippen LogP contribution in [0.25, 0.3) is 0 Å². The van der Waals surface area contributed by atoms with E-state index in [0.29, 0.717) is 12.0 Å². The summed E-state index contributed by atoms with van der Waals surface area (Å²) in [5, 5.41) is 0. The first kappa shape index (κ1) is 12.2. The number of amides is 1. The molecule has 2 rings (SSSR count).